The summed E-state index contributed by atoms with van der Waals surface area (Å²) in [6, 6.07) is 37.6. The van der Waals surface area contributed by atoms with E-state index >= 15 is 0 Å². The van der Waals surface area contributed by atoms with Crippen molar-refractivity contribution in [3.8, 4) is 11.1 Å². The fourth-order valence-corrected chi connectivity index (χ4v) is 9.69. The molecule has 8 aromatic rings. The molecular formula is C63H64BrN3. The maximum Gasteiger partial charge on any atom is 0.0657 e. The number of anilines is 9. The van der Waals surface area contributed by atoms with Gasteiger partial charge in [-0.05, 0) is 162 Å². The zero-order valence-corrected chi connectivity index (χ0v) is 41.9. The third-order valence-corrected chi connectivity index (χ3v) is 13.8. The molecule has 3 nitrogen and oxygen atoms in total. The Morgan fingerprint density at radius 1 is 0.388 bits per heavy atom. The lowest BCUT2D eigenvalue weighted by atomic mass is 9.82. The summed E-state index contributed by atoms with van der Waals surface area (Å²) in [5.41, 5.74) is 11.3. The first-order chi connectivity index (χ1) is 35.9. The Balaban J connectivity index is 1.38. The van der Waals surface area contributed by atoms with Crippen LogP contribution in [0.1, 0.15) is 118 Å². The summed E-state index contributed by atoms with van der Waals surface area (Å²) in [5.74, 6) is 0. The number of halogens is 1. The molecule has 338 valence electrons. The standard InChI is InChI=1S/C63H64BrN3/c1-60(2,3)43-29-33-48(34-30-43)66(49-35-31-44(32-36-49)61(4,5)6)57-39-45(62(7,8)9)40-58(59(57)64)67(52-37-38-54-53-27-18-19-28-55(53)63(10,11)56(54)42-52)51-26-20-25-50(41-51)65(46-21-14-12-15-22-46)47-23-16-13-17-24-47/h12-42H,1-11H3/i12D,13D,14D,15D,16D,17D,21D,22D,23D,24D. The summed E-state index contributed by atoms with van der Waals surface area (Å²) in [4.78, 5) is 5.62. The van der Waals surface area contributed by atoms with Gasteiger partial charge in [-0.25, -0.2) is 0 Å². The Morgan fingerprint density at radius 3 is 1.30 bits per heavy atom. The Kier molecular flexibility index (Phi) is 9.05. The minimum Gasteiger partial charge on any atom is -0.310 e. The predicted octanol–water partition coefficient (Wildman–Crippen LogP) is 19.1. The third kappa shape index (κ3) is 8.85. The average Bonchev–Trinajstić information content (AvgIpc) is 3.90. The molecule has 4 heteroatoms. The molecule has 0 aromatic heterocycles. The van der Waals surface area contributed by atoms with Crippen molar-refractivity contribution in [3.05, 3.63) is 220 Å². The second-order valence-corrected chi connectivity index (χ2v) is 21.8. The van der Waals surface area contributed by atoms with E-state index < -0.39 is 65.8 Å². The van der Waals surface area contributed by atoms with Gasteiger partial charge in [0.1, 0.15) is 0 Å². The summed E-state index contributed by atoms with van der Waals surface area (Å²) in [5, 5.41) is 0. The van der Waals surface area contributed by atoms with Crippen LogP contribution in [0, 0.1) is 0 Å². The highest BCUT2D eigenvalue weighted by Crippen LogP contribution is 2.54. The van der Waals surface area contributed by atoms with Gasteiger partial charge in [0.15, 0.2) is 0 Å². The fraction of sp³-hybridized carbons (Fsp3) is 0.238. The van der Waals surface area contributed by atoms with Crippen molar-refractivity contribution in [2.24, 2.45) is 0 Å². The number of hydrogen-bond donors (Lipinski definition) is 0. The average molecular weight is 953 g/mol. The van der Waals surface area contributed by atoms with E-state index in [1.54, 1.807) is 18.2 Å². The van der Waals surface area contributed by atoms with Crippen LogP contribution in [0.15, 0.2) is 192 Å². The summed E-state index contributed by atoms with van der Waals surface area (Å²) >= 11 is 4.27. The molecule has 0 saturated carbocycles. The lowest BCUT2D eigenvalue weighted by molar-refractivity contribution is 0.589. The van der Waals surface area contributed by atoms with Crippen LogP contribution in [0.25, 0.3) is 11.1 Å². The van der Waals surface area contributed by atoms with E-state index in [1.165, 1.54) is 21.6 Å². The number of rotatable bonds is 9. The first kappa shape index (κ1) is 34.9. The maximum absolute atomic E-state index is 9.24. The highest BCUT2D eigenvalue weighted by molar-refractivity contribution is 9.10. The van der Waals surface area contributed by atoms with Crippen LogP contribution >= 0.6 is 15.9 Å². The Morgan fingerprint density at radius 2 is 0.806 bits per heavy atom. The molecule has 8 aromatic carbocycles. The first-order valence-corrected chi connectivity index (χ1v) is 23.7. The number of hydrogen-bond acceptors (Lipinski definition) is 3. The largest absolute Gasteiger partial charge is 0.310 e. The number of nitrogens with zero attached hydrogens (tertiary/aromatic N) is 3. The Labute approximate surface area is 422 Å². The molecule has 0 aliphatic heterocycles. The van der Waals surface area contributed by atoms with Gasteiger partial charge in [0, 0.05) is 45.2 Å². The van der Waals surface area contributed by atoms with Gasteiger partial charge in [-0.1, -0.05) is 173 Å². The molecule has 0 atom stereocenters. The van der Waals surface area contributed by atoms with E-state index in [1.807, 2.05) is 6.07 Å². The van der Waals surface area contributed by atoms with E-state index in [9.17, 15) is 5.48 Å². The molecule has 1 aliphatic rings. The van der Waals surface area contributed by atoms with Gasteiger partial charge in [0.25, 0.3) is 0 Å². The van der Waals surface area contributed by atoms with Crippen molar-refractivity contribution in [2.75, 3.05) is 14.7 Å². The van der Waals surface area contributed by atoms with Gasteiger partial charge in [-0.2, -0.15) is 0 Å². The lowest BCUT2D eigenvalue weighted by Crippen LogP contribution is -2.20. The second-order valence-electron chi connectivity index (χ2n) is 21.0. The van der Waals surface area contributed by atoms with Crippen molar-refractivity contribution in [1.29, 1.82) is 0 Å². The molecular weight excluding hydrogens is 879 g/mol. The molecule has 0 saturated heterocycles. The Bertz CT molecular complexity index is 3460. The molecule has 9 rings (SSSR count). The molecule has 0 heterocycles. The Hall–Kier alpha value is -6.36. The minimum atomic E-state index is -0.640. The zero-order chi connectivity index (χ0) is 56.2. The van der Waals surface area contributed by atoms with Crippen molar-refractivity contribution in [2.45, 2.75) is 97.8 Å². The smallest absolute Gasteiger partial charge is 0.0657 e. The first-order valence-electron chi connectivity index (χ1n) is 27.9. The summed E-state index contributed by atoms with van der Waals surface area (Å²) in [7, 11) is 0. The van der Waals surface area contributed by atoms with Crippen LogP contribution in [0.5, 0.6) is 0 Å². The van der Waals surface area contributed by atoms with Gasteiger partial charge >= 0.3 is 0 Å². The summed E-state index contributed by atoms with van der Waals surface area (Å²) < 4.78 is 89.7. The van der Waals surface area contributed by atoms with Gasteiger partial charge in [-0.15, -0.1) is 0 Å². The van der Waals surface area contributed by atoms with Crippen LogP contribution in [0.4, 0.5) is 51.2 Å². The molecule has 0 spiro atoms. The highest BCUT2D eigenvalue weighted by atomic mass is 79.9. The maximum atomic E-state index is 9.24. The van der Waals surface area contributed by atoms with Crippen LogP contribution < -0.4 is 14.7 Å². The van der Waals surface area contributed by atoms with Crippen molar-refractivity contribution in [1.82, 2.24) is 0 Å². The quantitative estimate of drug-likeness (QED) is 0.143. The van der Waals surface area contributed by atoms with Gasteiger partial charge < -0.3 is 14.7 Å². The SMILES string of the molecule is [2H]c1c([2H])c([2H])c(N(c2cccc(N(c3ccc4c(c3)C(C)(C)c3ccccc3-4)c3cc(C(C)(C)C)cc(N(c4ccc(C(C)(C)C)cc4)c4ccc(C(C)(C)C)cc4)c3Br)c2)c2c([2H])c([2H])c([2H])c([2H])c2[2H])c([2H])c1[2H]. The van der Waals surface area contributed by atoms with Gasteiger partial charge in [-0.3, -0.25) is 0 Å². The molecule has 0 radical (unpaired) electrons. The van der Waals surface area contributed by atoms with Gasteiger partial charge in [0.2, 0.25) is 0 Å². The van der Waals surface area contributed by atoms with Crippen molar-refractivity contribution < 1.29 is 13.7 Å². The molecule has 1 aliphatic carbocycles. The van der Waals surface area contributed by atoms with Crippen LogP contribution in [0.2, 0.25) is 0 Å². The molecule has 0 N–H and O–H groups in total. The van der Waals surface area contributed by atoms with Gasteiger partial charge in [0.05, 0.1) is 29.6 Å². The van der Waals surface area contributed by atoms with E-state index in [4.69, 9.17) is 8.22 Å². The molecule has 0 amide bonds. The fourth-order valence-electron chi connectivity index (χ4n) is 9.11. The third-order valence-electron chi connectivity index (χ3n) is 13.0. The minimum absolute atomic E-state index is 0.0842. The number of benzene rings is 8. The topological polar surface area (TPSA) is 9.72 Å². The highest BCUT2D eigenvalue weighted by Gasteiger charge is 2.36. The van der Waals surface area contributed by atoms with E-state index in [0.29, 0.717) is 5.69 Å². The number of fused-ring (bicyclic) bond motifs is 3. The van der Waals surface area contributed by atoms with E-state index in [2.05, 4.69) is 205 Å². The van der Waals surface area contributed by atoms with Crippen LogP contribution in [0.3, 0.4) is 0 Å². The van der Waals surface area contributed by atoms with Crippen molar-refractivity contribution >= 4 is 67.1 Å². The van der Waals surface area contributed by atoms with E-state index in [0.717, 1.165) is 55.2 Å². The summed E-state index contributed by atoms with van der Waals surface area (Å²) in [6.45, 7) is 24.2. The summed E-state index contributed by atoms with van der Waals surface area (Å²) in [6.07, 6.45) is 0. The lowest BCUT2D eigenvalue weighted by Gasteiger charge is -2.35. The normalized spacial score (nSPS) is 15.3. The van der Waals surface area contributed by atoms with Crippen LogP contribution in [-0.4, -0.2) is 0 Å². The predicted molar refractivity (Wildman–Crippen MR) is 292 cm³/mol. The van der Waals surface area contributed by atoms with Crippen LogP contribution in [-0.2, 0) is 21.7 Å². The number of para-hydroxylation sites is 2. The molecule has 0 bridgehead atoms. The molecule has 67 heavy (non-hydrogen) atoms. The monoisotopic (exact) mass is 951 g/mol. The molecule has 0 unspecified atom stereocenters. The molecule has 0 fully saturated rings. The van der Waals surface area contributed by atoms with Crippen molar-refractivity contribution in [3.63, 3.8) is 0 Å². The zero-order valence-electron chi connectivity index (χ0n) is 50.3. The second kappa shape index (κ2) is 17.4. The van der Waals surface area contributed by atoms with E-state index in [-0.39, 0.29) is 33.3 Å².